The molecule has 0 bridgehead atoms. The first-order chi connectivity index (χ1) is 9.86. The van der Waals surface area contributed by atoms with Gasteiger partial charge in [0.15, 0.2) is 5.03 Å². The average Bonchev–Trinajstić information content (AvgIpc) is 2.87. The summed E-state index contributed by atoms with van der Waals surface area (Å²) in [6.45, 7) is 6.80. The normalized spacial score (nSPS) is 24.0. The molecule has 1 aromatic heterocycles. The summed E-state index contributed by atoms with van der Waals surface area (Å²) >= 11 is 0. The maximum Gasteiger partial charge on any atom is 0.342 e. The fourth-order valence-corrected chi connectivity index (χ4v) is 4.50. The summed E-state index contributed by atoms with van der Waals surface area (Å²) in [5, 5.41) is 5.95. The topological polar surface area (TPSA) is 92.4 Å². The van der Waals surface area contributed by atoms with Crippen molar-refractivity contribution in [1.82, 2.24) is 14.5 Å². The van der Waals surface area contributed by atoms with Gasteiger partial charge in [-0.2, -0.15) is 9.40 Å². The number of nitrogens with zero attached hydrogens (tertiary/aromatic N) is 2. The molecule has 2 unspecified atom stereocenters. The number of aromatic nitrogens is 2. The fraction of sp³-hybridized carbons (Fsp3) is 0.692. The molecule has 21 heavy (non-hydrogen) atoms. The number of ether oxygens (including phenoxy) is 1. The highest BCUT2D eigenvalue weighted by Crippen LogP contribution is 2.27. The lowest BCUT2D eigenvalue weighted by Gasteiger charge is -2.33. The Hall–Kier alpha value is -1.41. The van der Waals surface area contributed by atoms with Crippen LogP contribution in [0.1, 0.15) is 37.6 Å². The number of nitrogens with one attached hydrogen (secondary N) is 1. The van der Waals surface area contributed by atoms with E-state index in [0.717, 1.165) is 6.42 Å². The van der Waals surface area contributed by atoms with Crippen molar-refractivity contribution in [3.05, 3.63) is 11.8 Å². The van der Waals surface area contributed by atoms with Gasteiger partial charge in [-0.15, -0.1) is 0 Å². The Balaban J connectivity index is 2.32. The van der Waals surface area contributed by atoms with Crippen LogP contribution in [0.15, 0.2) is 11.2 Å². The molecular weight excluding hydrogens is 294 g/mol. The molecule has 2 atom stereocenters. The van der Waals surface area contributed by atoms with E-state index in [4.69, 9.17) is 4.74 Å². The first-order valence-electron chi connectivity index (χ1n) is 7.06. The molecule has 0 aliphatic carbocycles. The summed E-state index contributed by atoms with van der Waals surface area (Å²) in [6, 6.07) is 0. The molecule has 118 valence electrons. The number of sulfonamides is 1. The van der Waals surface area contributed by atoms with Crippen LogP contribution < -0.4 is 0 Å². The number of hydrogen-bond donors (Lipinski definition) is 1. The predicted octanol–water partition coefficient (Wildman–Crippen LogP) is 1.25. The molecular formula is C13H21N3O4S. The van der Waals surface area contributed by atoms with Crippen LogP contribution in [0.3, 0.4) is 0 Å². The standard InChI is InChI=1S/C13H21N3O4S/c1-4-20-13(17)11-6-14-15-12(11)21(18,19)16-7-9(2)5-10(3)8-16/h6,9-10H,4-5,7-8H2,1-3H3,(H,14,15). The van der Waals surface area contributed by atoms with E-state index in [0.29, 0.717) is 13.1 Å². The smallest absolute Gasteiger partial charge is 0.342 e. The molecule has 1 saturated heterocycles. The van der Waals surface area contributed by atoms with Crippen molar-refractivity contribution in [2.75, 3.05) is 19.7 Å². The molecule has 2 heterocycles. The summed E-state index contributed by atoms with van der Waals surface area (Å²) in [6.07, 6.45) is 2.20. The zero-order chi connectivity index (χ0) is 15.6. The highest BCUT2D eigenvalue weighted by Gasteiger charge is 2.35. The zero-order valence-electron chi connectivity index (χ0n) is 12.5. The molecule has 0 amide bonds. The molecule has 0 radical (unpaired) electrons. The third kappa shape index (κ3) is 3.26. The minimum atomic E-state index is -3.76. The van der Waals surface area contributed by atoms with Crippen molar-refractivity contribution in [3.63, 3.8) is 0 Å². The Kier molecular flexibility index (Phi) is 4.67. The van der Waals surface area contributed by atoms with Crippen LogP contribution in [0.5, 0.6) is 0 Å². The summed E-state index contributed by atoms with van der Waals surface area (Å²) in [5.41, 5.74) is -0.0391. The molecule has 1 aliphatic heterocycles. The lowest BCUT2D eigenvalue weighted by atomic mass is 9.94. The maximum absolute atomic E-state index is 12.7. The largest absolute Gasteiger partial charge is 0.462 e. The van der Waals surface area contributed by atoms with Crippen molar-refractivity contribution in [2.24, 2.45) is 11.8 Å². The van der Waals surface area contributed by atoms with E-state index in [1.54, 1.807) is 6.92 Å². The van der Waals surface area contributed by atoms with Gasteiger partial charge in [0, 0.05) is 13.1 Å². The summed E-state index contributed by atoms with van der Waals surface area (Å²) in [4.78, 5) is 11.8. The van der Waals surface area contributed by atoms with Crippen molar-refractivity contribution < 1.29 is 17.9 Å². The number of hydrogen-bond acceptors (Lipinski definition) is 5. The monoisotopic (exact) mass is 315 g/mol. The molecule has 1 N–H and O–H groups in total. The number of aromatic amines is 1. The molecule has 0 spiro atoms. The second-order valence-electron chi connectivity index (χ2n) is 5.60. The van der Waals surface area contributed by atoms with Crippen molar-refractivity contribution >= 4 is 16.0 Å². The van der Waals surface area contributed by atoms with Gasteiger partial charge in [-0.1, -0.05) is 13.8 Å². The van der Waals surface area contributed by atoms with E-state index >= 15 is 0 Å². The Morgan fingerprint density at radius 3 is 2.62 bits per heavy atom. The van der Waals surface area contributed by atoms with E-state index < -0.39 is 16.0 Å². The molecule has 7 nitrogen and oxygen atoms in total. The Morgan fingerprint density at radius 1 is 1.43 bits per heavy atom. The van der Waals surface area contributed by atoms with Gasteiger partial charge in [-0.25, -0.2) is 13.2 Å². The van der Waals surface area contributed by atoms with Crippen LogP contribution in [0, 0.1) is 11.8 Å². The Bertz CT molecular complexity index is 601. The molecule has 0 saturated carbocycles. The number of carbonyl (C=O) groups is 1. The zero-order valence-corrected chi connectivity index (χ0v) is 13.3. The van der Waals surface area contributed by atoms with E-state index in [1.165, 1.54) is 10.5 Å². The van der Waals surface area contributed by atoms with Crippen LogP contribution in [0.4, 0.5) is 0 Å². The number of carbonyl (C=O) groups excluding carboxylic acids is 1. The lowest BCUT2D eigenvalue weighted by Crippen LogP contribution is -2.43. The summed E-state index contributed by atoms with van der Waals surface area (Å²) in [7, 11) is -3.76. The first kappa shape index (κ1) is 16.0. The van der Waals surface area contributed by atoms with Crippen molar-refractivity contribution in [1.29, 1.82) is 0 Å². The summed E-state index contributed by atoms with van der Waals surface area (Å²) < 4.78 is 31.7. The van der Waals surface area contributed by atoms with E-state index in [2.05, 4.69) is 10.2 Å². The molecule has 1 aromatic rings. The fourth-order valence-electron chi connectivity index (χ4n) is 2.76. The number of rotatable bonds is 4. The highest BCUT2D eigenvalue weighted by molar-refractivity contribution is 7.89. The quantitative estimate of drug-likeness (QED) is 0.844. The second kappa shape index (κ2) is 6.15. The average molecular weight is 315 g/mol. The molecule has 8 heteroatoms. The van der Waals surface area contributed by atoms with E-state index in [-0.39, 0.29) is 29.0 Å². The lowest BCUT2D eigenvalue weighted by molar-refractivity contribution is 0.0521. The van der Waals surface area contributed by atoms with Gasteiger partial charge in [-0.05, 0) is 25.2 Å². The van der Waals surface area contributed by atoms with Crippen LogP contribution >= 0.6 is 0 Å². The SMILES string of the molecule is CCOC(=O)c1cn[nH]c1S(=O)(=O)N1CC(C)CC(C)C1. The van der Waals surface area contributed by atoms with Gasteiger partial charge >= 0.3 is 5.97 Å². The predicted molar refractivity (Wildman–Crippen MR) is 76.2 cm³/mol. The Labute approximate surface area is 124 Å². The van der Waals surface area contributed by atoms with Crippen LogP contribution in [0.2, 0.25) is 0 Å². The van der Waals surface area contributed by atoms with E-state index in [1.807, 2.05) is 13.8 Å². The van der Waals surface area contributed by atoms with Crippen LogP contribution in [0.25, 0.3) is 0 Å². The minimum Gasteiger partial charge on any atom is -0.462 e. The first-order valence-corrected chi connectivity index (χ1v) is 8.50. The number of piperidine rings is 1. The van der Waals surface area contributed by atoms with E-state index in [9.17, 15) is 13.2 Å². The minimum absolute atomic E-state index is 0.0391. The molecule has 1 fully saturated rings. The molecule has 0 aromatic carbocycles. The van der Waals surface area contributed by atoms with Crippen molar-refractivity contribution in [3.8, 4) is 0 Å². The van der Waals surface area contributed by atoms with Crippen molar-refractivity contribution in [2.45, 2.75) is 32.2 Å². The molecule has 1 aliphatic rings. The van der Waals surface area contributed by atoms with Gasteiger partial charge in [0.05, 0.1) is 12.8 Å². The second-order valence-corrected chi connectivity index (χ2v) is 7.48. The Morgan fingerprint density at radius 2 is 2.05 bits per heavy atom. The van der Waals surface area contributed by atoms with Gasteiger partial charge in [0.1, 0.15) is 5.56 Å². The van der Waals surface area contributed by atoms with Gasteiger partial charge < -0.3 is 4.74 Å². The van der Waals surface area contributed by atoms with Gasteiger partial charge in [0.2, 0.25) is 0 Å². The van der Waals surface area contributed by atoms with Crippen LogP contribution in [-0.4, -0.2) is 48.6 Å². The third-order valence-electron chi connectivity index (χ3n) is 3.53. The van der Waals surface area contributed by atoms with Gasteiger partial charge in [-0.3, -0.25) is 5.10 Å². The maximum atomic E-state index is 12.7. The number of H-pyrrole nitrogens is 1. The third-order valence-corrected chi connectivity index (χ3v) is 5.34. The summed E-state index contributed by atoms with van der Waals surface area (Å²) in [5.74, 6) is -0.0992. The highest BCUT2D eigenvalue weighted by atomic mass is 32.2. The van der Waals surface area contributed by atoms with Gasteiger partial charge in [0.25, 0.3) is 10.0 Å². The number of esters is 1. The molecule has 2 rings (SSSR count). The van der Waals surface area contributed by atoms with Crippen LogP contribution in [-0.2, 0) is 14.8 Å².